The molecule has 0 radical (unpaired) electrons. The summed E-state index contributed by atoms with van der Waals surface area (Å²) in [7, 11) is -3.08. The number of hydrogen-bond donors (Lipinski definition) is 0. The second-order valence-corrected chi connectivity index (χ2v) is 5.38. The van der Waals surface area contributed by atoms with Crippen LogP contribution in [-0.4, -0.2) is 42.2 Å². The lowest BCUT2D eigenvalue weighted by molar-refractivity contribution is 0.403. The third-order valence-corrected chi connectivity index (χ3v) is 3.63. The minimum Gasteiger partial charge on any atom is -0.343 e. The molecule has 0 aliphatic carbocycles. The summed E-state index contributed by atoms with van der Waals surface area (Å²) >= 11 is 0. The molecule has 1 aliphatic heterocycles. The van der Waals surface area contributed by atoms with Gasteiger partial charge in [0.25, 0.3) is 0 Å². The Kier molecular flexibility index (Phi) is 2.28. The van der Waals surface area contributed by atoms with Crippen LogP contribution in [0.25, 0.3) is 0 Å². The van der Waals surface area contributed by atoms with Crippen LogP contribution in [0.3, 0.4) is 0 Å². The zero-order valence-corrected chi connectivity index (χ0v) is 8.57. The van der Waals surface area contributed by atoms with Crippen molar-refractivity contribution in [3.63, 3.8) is 0 Å². The molecule has 1 fully saturated rings. The molecule has 1 saturated heterocycles. The molecular weight excluding hydrogens is 206 g/mol. The highest BCUT2D eigenvalue weighted by Gasteiger charge is 2.31. The zero-order chi connectivity index (χ0) is 10.2. The first kappa shape index (κ1) is 9.60. The van der Waals surface area contributed by atoms with Crippen LogP contribution in [0, 0.1) is 0 Å². The first-order valence-corrected chi connectivity index (χ1v) is 6.13. The van der Waals surface area contributed by atoms with Crippen LogP contribution in [0.4, 0.5) is 0 Å². The van der Waals surface area contributed by atoms with Gasteiger partial charge in [-0.3, -0.25) is 0 Å². The van der Waals surface area contributed by atoms with E-state index in [1.165, 1.54) is 17.0 Å². The van der Waals surface area contributed by atoms with E-state index in [0.717, 1.165) is 6.42 Å². The number of nitrogens with zero attached hydrogens (tertiary/aromatic N) is 3. The number of rotatable bonds is 2. The summed E-state index contributed by atoms with van der Waals surface area (Å²) in [6, 6.07) is 0. The van der Waals surface area contributed by atoms with Crippen LogP contribution in [0.5, 0.6) is 0 Å². The summed E-state index contributed by atoms with van der Waals surface area (Å²) in [5.41, 5.74) is 0. The lowest BCUT2D eigenvalue weighted by atomic mass is 10.1. The van der Waals surface area contributed by atoms with Crippen molar-refractivity contribution in [1.29, 1.82) is 0 Å². The van der Waals surface area contributed by atoms with E-state index >= 15 is 0 Å². The third-order valence-electron chi connectivity index (χ3n) is 2.36. The first-order chi connectivity index (χ1) is 6.57. The van der Waals surface area contributed by atoms with Gasteiger partial charge in [-0.2, -0.15) is 4.98 Å². The zero-order valence-electron chi connectivity index (χ0n) is 7.75. The topological polar surface area (TPSA) is 76.3 Å². The maximum absolute atomic E-state index is 11.2. The number of sulfonamides is 1. The second kappa shape index (κ2) is 3.32. The van der Waals surface area contributed by atoms with Crippen molar-refractivity contribution in [2.45, 2.75) is 12.3 Å². The maximum Gasteiger partial charge on any atom is 0.213 e. The second-order valence-electron chi connectivity index (χ2n) is 3.40. The van der Waals surface area contributed by atoms with Crippen molar-refractivity contribution >= 4 is 10.0 Å². The monoisotopic (exact) mass is 217 g/mol. The first-order valence-electron chi connectivity index (χ1n) is 4.29. The average molecular weight is 217 g/mol. The van der Waals surface area contributed by atoms with E-state index in [-0.39, 0.29) is 5.92 Å². The summed E-state index contributed by atoms with van der Waals surface area (Å²) < 4.78 is 28.5. The summed E-state index contributed by atoms with van der Waals surface area (Å²) in [5, 5.41) is 3.71. The van der Waals surface area contributed by atoms with Gasteiger partial charge in [0.05, 0.1) is 6.26 Å². The summed E-state index contributed by atoms with van der Waals surface area (Å²) in [6.07, 6.45) is 3.23. The van der Waals surface area contributed by atoms with Crippen LogP contribution in [0.2, 0.25) is 0 Å². The molecule has 0 N–H and O–H groups in total. The highest BCUT2D eigenvalue weighted by Crippen LogP contribution is 2.25. The van der Waals surface area contributed by atoms with Gasteiger partial charge in [0.2, 0.25) is 16.4 Å². The number of aromatic nitrogens is 2. The van der Waals surface area contributed by atoms with E-state index in [9.17, 15) is 8.42 Å². The van der Waals surface area contributed by atoms with E-state index in [0.29, 0.717) is 18.9 Å². The van der Waals surface area contributed by atoms with E-state index in [4.69, 9.17) is 0 Å². The predicted molar refractivity (Wildman–Crippen MR) is 48.1 cm³/mol. The molecule has 1 aliphatic rings. The molecule has 1 aromatic rings. The molecule has 0 unspecified atom stereocenters. The molecule has 1 aromatic heterocycles. The molecule has 0 aromatic carbocycles. The quantitative estimate of drug-likeness (QED) is 0.686. The van der Waals surface area contributed by atoms with Gasteiger partial charge < -0.3 is 4.52 Å². The van der Waals surface area contributed by atoms with Gasteiger partial charge in [-0.15, -0.1) is 0 Å². The van der Waals surface area contributed by atoms with E-state index < -0.39 is 10.0 Å². The Morgan fingerprint density at radius 1 is 1.64 bits per heavy atom. The van der Waals surface area contributed by atoms with Gasteiger partial charge in [0.1, 0.15) is 0 Å². The molecule has 0 amide bonds. The van der Waals surface area contributed by atoms with Crippen LogP contribution in [-0.2, 0) is 10.0 Å². The van der Waals surface area contributed by atoms with Crippen LogP contribution in [0.1, 0.15) is 18.2 Å². The Morgan fingerprint density at radius 3 is 2.93 bits per heavy atom. The highest BCUT2D eigenvalue weighted by atomic mass is 32.2. The van der Waals surface area contributed by atoms with Crippen molar-refractivity contribution in [3.05, 3.63) is 12.2 Å². The van der Waals surface area contributed by atoms with Crippen molar-refractivity contribution in [2.75, 3.05) is 19.3 Å². The fourth-order valence-electron chi connectivity index (χ4n) is 1.60. The molecule has 2 heterocycles. The lowest BCUT2D eigenvalue weighted by Gasteiger charge is -2.11. The van der Waals surface area contributed by atoms with Gasteiger partial charge in [-0.05, 0) is 6.42 Å². The molecule has 6 nitrogen and oxygen atoms in total. The Morgan fingerprint density at radius 2 is 2.43 bits per heavy atom. The van der Waals surface area contributed by atoms with Crippen molar-refractivity contribution in [1.82, 2.24) is 14.4 Å². The fourth-order valence-corrected chi connectivity index (χ4v) is 2.49. The molecule has 7 heteroatoms. The Labute approximate surface area is 82.0 Å². The van der Waals surface area contributed by atoms with E-state index in [2.05, 4.69) is 14.7 Å². The smallest absolute Gasteiger partial charge is 0.213 e. The van der Waals surface area contributed by atoms with Crippen molar-refractivity contribution < 1.29 is 12.9 Å². The van der Waals surface area contributed by atoms with Crippen LogP contribution >= 0.6 is 0 Å². The highest BCUT2D eigenvalue weighted by molar-refractivity contribution is 7.88. The van der Waals surface area contributed by atoms with Gasteiger partial charge in [0.15, 0.2) is 5.82 Å². The molecule has 14 heavy (non-hydrogen) atoms. The Bertz CT molecular complexity index is 400. The minimum atomic E-state index is -3.08. The van der Waals surface area contributed by atoms with Gasteiger partial charge in [-0.25, -0.2) is 12.7 Å². The molecular formula is C7H11N3O3S. The third kappa shape index (κ3) is 1.78. The van der Waals surface area contributed by atoms with Gasteiger partial charge >= 0.3 is 0 Å². The minimum absolute atomic E-state index is 0.0727. The standard InChI is InChI=1S/C7H11N3O3S/c1-14(11,12)10-3-2-6(4-10)7-8-5-13-9-7/h5-6H,2-4H2,1H3/t6-/m0/s1. The number of hydrogen-bond acceptors (Lipinski definition) is 5. The van der Waals surface area contributed by atoms with Gasteiger partial charge in [-0.1, -0.05) is 5.16 Å². The summed E-state index contributed by atoms with van der Waals surface area (Å²) in [6.45, 7) is 0.996. The largest absolute Gasteiger partial charge is 0.343 e. The molecule has 0 bridgehead atoms. The fraction of sp³-hybridized carbons (Fsp3) is 0.714. The maximum atomic E-state index is 11.2. The van der Waals surface area contributed by atoms with Crippen LogP contribution in [0.15, 0.2) is 10.9 Å². The van der Waals surface area contributed by atoms with E-state index in [1.807, 2.05) is 0 Å². The lowest BCUT2D eigenvalue weighted by Crippen LogP contribution is -2.27. The average Bonchev–Trinajstić information content (AvgIpc) is 2.73. The summed E-state index contributed by atoms with van der Waals surface area (Å²) in [5.74, 6) is 0.666. The molecule has 0 saturated carbocycles. The Hall–Kier alpha value is -0.950. The van der Waals surface area contributed by atoms with E-state index in [1.54, 1.807) is 0 Å². The van der Waals surface area contributed by atoms with Crippen molar-refractivity contribution in [2.24, 2.45) is 0 Å². The normalized spacial score (nSPS) is 24.2. The van der Waals surface area contributed by atoms with Crippen molar-refractivity contribution in [3.8, 4) is 0 Å². The molecule has 78 valence electrons. The SMILES string of the molecule is CS(=O)(=O)N1CC[C@H](c2ncon2)C1. The van der Waals surface area contributed by atoms with Crippen LogP contribution < -0.4 is 0 Å². The molecule has 1 atom stereocenters. The van der Waals surface area contributed by atoms with Gasteiger partial charge in [0, 0.05) is 19.0 Å². The molecule has 0 spiro atoms. The Balaban J connectivity index is 2.10. The molecule has 2 rings (SSSR count). The summed E-state index contributed by atoms with van der Waals surface area (Å²) in [4.78, 5) is 3.92. The predicted octanol–water partition coefficient (Wildman–Crippen LogP) is -0.181.